The summed E-state index contributed by atoms with van der Waals surface area (Å²) in [6.45, 7) is 2.99. The van der Waals surface area contributed by atoms with Gasteiger partial charge in [-0.1, -0.05) is 0 Å². The van der Waals surface area contributed by atoms with Crippen molar-refractivity contribution in [1.82, 2.24) is 10.2 Å². The van der Waals surface area contributed by atoms with Crippen molar-refractivity contribution in [2.45, 2.75) is 13.0 Å². The molecule has 2 heterocycles. The summed E-state index contributed by atoms with van der Waals surface area (Å²) in [5, 5.41) is 13.4. The van der Waals surface area contributed by atoms with Crippen LogP contribution in [-0.4, -0.2) is 41.5 Å². The van der Waals surface area contributed by atoms with Crippen LogP contribution in [0.15, 0.2) is 17.5 Å². The molecule has 1 fully saturated rings. The first-order valence-corrected chi connectivity index (χ1v) is 6.99. The maximum absolute atomic E-state index is 11.3. The number of thiophene rings is 1. The fourth-order valence-corrected chi connectivity index (χ4v) is 2.87. The smallest absolute Gasteiger partial charge is 0.328 e. The third-order valence-electron chi connectivity index (χ3n) is 2.96. The van der Waals surface area contributed by atoms with Crippen LogP contribution in [0.25, 0.3) is 6.08 Å². The Kier molecular flexibility index (Phi) is 4.70. The Morgan fingerprint density at radius 1 is 1.53 bits per heavy atom. The summed E-state index contributed by atoms with van der Waals surface area (Å²) in [4.78, 5) is 25.1. The van der Waals surface area contributed by atoms with E-state index >= 15 is 0 Å². The molecule has 19 heavy (non-hydrogen) atoms. The minimum absolute atomic E-state index is 0.0969. The lowest BCUT2D eigenvalue weighted by molar-refractivity contribution is -0.131. The van der Waals surface area contributed by atoms with Crippen molar-refractivity contribution in [1.29, 1.82) is 0 Å². The second kappa shape index (κ2) is 6.49. The molecular formula is C13H16N2O3S. The van der Waals surface area contributed by atoms with E-state index in [1.54, 1.807) is 17.4 Å². The van der Waals surface area contributed by atoms with Gasteiger partial charge >= 0.3 is 5.97 Å². The number of carboxylic acids is 1. The van der Waals surface area contributed by atoms with Gasteiger partial charge in [0.25, 0.3) is 0 Å². The molecule has 0 radical (unpaired) electrons. The van der Waals surface area contributed by atoms with Gasteiger partial charge in [-0.25, -0.2) is 4.79 Å². The molecule has 5 nitrogen and oxygen atoms in total. The molecule has 1 aliphatic heterocycles. The first-order chi connectivity index (χ1) is 9.15. The summed E-state index contributed by atoms with van der Waals surface area (Å²) in [6.07, 6.45) is 3.29. The van der Waals surface area contributed by atoms with Crippen LogP contribution in [0.3, 0.4) is 0 Å². The highest BCUT2D eigenvalue weighted by atomic mass is 32.1. The first kappa shape index (κ1) is 13.8. The molecule has 1 amide bonds. The fourth-order valence-electron chi connectivity index (χ4n) is 1.96. The van der Waals surface area contributed by atoms with Gasteiger partial charge in [0.15, 0.2) is 0 Å². The lowest BCUT2D eigenvalue weighted by Gasteiger charge is -2.18. The number of aliphatic carboxylic acids is 1. The van der Waals surface area contributed by atoms with Crippen molar-refractivity contribution in [2.75, 3.05) is 19.6 Å². The lowest BCUT2D eigenvalue weighted by atomic mass is 10.2. The van der Waals surface area contributed by atoms with Crippen LogP contribution < -0.4 is 5.32 Å². The molecule has 102 valence electrons. The second-order valence-electron chi connectivity index (χ2n) is 4.35. The average molecular weight is 280 g/mol. The Bertz CT molecular complexity index is 496. The lowest BCUT2D eigenvalue weighted by Crippen LogP contribution is -2.28. The summed E-state index contributed by atoms with van der Waals surface area (Å²) in [5.41, 5.74) is 0.941. The Morgan fingerprint density at radius 3 is 3.16 bits per heavy atom. The standard InChI is InChI=1S/C13H16N2O3S/c16-12-3-6-15(7-5-14-12)9-11-10(4-8-19-11)1-2-13(17)18/h1-2,4,8H,3,5-7,9H2,(H,14,16)(H,17,18). The van der Waals surface area contributed by atoms with Gasteiger partial charge < -0.3 is 10.4 Å². The molecule has 0 aliphatic carbocycles. The van der Waals surface area contributed by atoms with Gasteiger partial charge in [0.2, 0.25) is 5.91 Å². The van der Waals surface area contributed by atoms with E-state index in [0.29, 0.717) is 13.0 Å². The zero-order valence-corrected chi connectivity index (χ0v) is 11.3. The van der Waals surface area contributed by atoms with Crippen LogP contribution in [0.4, 0.5) is 0 Å². The van der Waals surface area contributed by atoms with E-state index in [1.165, 1.54) is 0 Å². The number of hydrogen-bond acceptors (Lipinski definition) is 4. The molecule has 0 unspecified atom stereocenters. The molecule has 1 aromatic rings. The quantitative estimate of drug-likeness (QED) is 0.812. The third kappa shape index (κ3) is 4.18. The maximum atomic E-state index is 11.3. The Morgan fingerprint density at radius 2 is 2.37 bits per heavy atom. The third-order valence-corrected chi connectivity index (χ3v) is 3.88. The van der Waals surface area contributed by atoms with Gasteiger partial charge in [-0.3, -0.25) is 9.69 Å². The van der Waals surface area contributed by atoms with E-state index in [1.807, 2.05) is 11.4 Å². The minimum atomic E-state index is -0.943. The number of amides is 1. The molecule has 0 bridgehead atoms. The van der Waals surface area contributed by atoms with Crippen molar-refractivity contribution < 1.29 is 14.7 Å². The van der Waals surface area contributed by atoms with Crippen molar-refractivity contribution in [2.24, 2.45) is 0 Å². The highest BCUT2D eigenvalue weighted by molar-refractivity contribution is 7.10. The number of hydrogen-bond donors (Lipinski definition) is 2. The predicted octanol–water partition coefficient (Wildman–Crippen LogP) is 1.17. The molecule has 2 N–H and O–H groups in total. The van der Waals surface area contributed by atoms with Gasteiger partial charge in [0.1, 0.15) is 0 Å². The van der Waals surface area contributed by atoms with Crippen LogP contribution >= 0.6 is 11.3 Å². The van der Waals surface area contributed by atoms with Crippen LogP contribution in [0.5, 0.6) is 0 Å². The summed E-state index contributed by atoms with van der Waals surface area (Å²) in [6, 6.07) is 1.92. The maximum Gasteiger partial charge on any atom is 0.328 e. The Hall–Kier alpha value is -1.66. The van der Waals surface area contributed by atoms with Crippen LogP contribution in [-0.2, 0) is 16.1 Å². The molecule has 0 atom stereocenters. The molecular weight excluding hydrogens is 264 g/mol. The highest BCUT2D eigenvalue weighted by Gasteiger charge is 2.15. The Labute approximate surface area is 115 Å². The van der Waals surface area contributed by atoms with Gasteiger partial charge in [-0.05, 0) is 23.1 Å². The molecule has 0 saturated carbocycles. The Balaban J connectivity index is 2.00. The number of nitrogens with one attached hydrogen (secondary N) is 1. The summed E-state index contributed by atoms with van der Waals surface area (Å²) in [7, 11) is 0. The normalized spacial score (nSPS) is 17.4. The molecule has 2 rings (SSSR count). The van der Waals surface area contributed by atoms with E-state index in [2.05, 4.69) is 10.2 Å². The van der Waals surface area contributed by atoms with Crippen LogP contribution in [0, 0.1) is 0 Å². The summed E-state index contributed by atoms with van der Waals surface area (Å²) >= 11 is 1.61. The number of carbonyl (C=O) groups excluding carboxylic acids is 1. The number of rotatable bonds is 4. The molecule has 1 saturated heterocycles. The van der Waals surface area contributed by atoms with E-state index in [-0.39, 0.29) is 5.91 Å². The molecule has 1 aromatic heterocycles. The van der Waals surface area contributed by atoms with E-state index in [4.69, 9.17) is 5.11 Å². The van der Waals surface area contributed by atoms with Crippen molar-refractivity contribution in [3.63, 3.8) is 0 Å². The van der Waals surface area contributed by atoms with Crippen molar-refractivity contribution in [3.8, 4) is 0 Å². The van der Waals surface area contributed by atoms with Gasteiger partial charge in [-0.15, -0.1) is 11.3 Å². The highest BCUT2D eigenvalue weighted by Crippen LogP contribution is 2.20. The topological polar surface area (TPSA) is 69.6 Å². The zero-order valence-electron chi connectivity index (χ0n) is 10.5. The van der Waals surface area contributed by atoms with Crippen molar-refractivity contribution >= 4 is 29.3 Å². The zero-order chi connectivity index (χ0) is 13.7. The SMILES string of the molecule is O=C(O)C=Cc1ccsc1CN1CCNC(=O)CC1. The minimum Gasteiger partial charge on any atom is -0.478 e. The molecule has 0 spiro atoms. The monoisotopic (exact) mass is 280 g/mol. The average Bonchev–Trinajstić information content (AvgIpc) is 2.70. The predicted molar refractivity (Wildman–Crippen MR) is 73.9 cm³/mol. The molecule has 1 aliphatic rings. The van der Waals surface area contributed by atoms with Gasteiger partial charge in [0, 0.05) is 43.6 Å². The summed E-state index contributed by atoms with van der Waals surface area (Å²) < 4.78 is 0. The summed E-state index contributed by atoms with van der Waals surface area (Å²) in [5.74, 6) is -0.846. The molecule has 0 aromatic carbocycles. The number of carboxylic acid groups (broad SMARTS) is 1. The van der Waals surface area contributed by atoms with Crippen molar-refractivity contribution in [3.05, 3.63) is 28.0 Å². The van der Waals surface area contributed by atoms with E-state index in [0.717, 1.165) is 36.2 Å². The van der Waals surface area contributed by atoms with Gasteiger partial charge in [-0.2, -0.15) is 0 Å². The van der Waals surface area contributed by atoms with Gasteiger partial charge in [0.05, 0.1) is 0 Å². The van der Waals surface area contributed by atoms with E-state index in [9.17, 15) is 9.59 Å². The first-order valence-electron chi connectivity index (χ1n) is 6.11. The van der Waals surface area contributed by atoms with Crippen LogP contribution in [0.2, 0.25) is 0 Å². The largest absolute Gasteiger partial charge is 0.478 e. The fraction of sp³-hybridized carbons (Fsp3) is 0.385. The number of nitrogens with zero attached hydrogens (tertiary/aromatic N) is 1. The van der Waals surface area contributed by atoms with E-state index < -0.39 is 5.97 Å². The number of carbonyl (C=O) groups is 2. The second-order valence-corrected chi connectivity index (χ2v) is 5.35. The van der Waals surface area contributed by atoms with Crippen LogP contribution in [0.1, 0.15) is 16.9 Å². The molecule has 6 heteroatoms.